The Balaban J connectivity index is 2.44. The van der Waals surface area contributed by atoms with E-state index in [0.717, 1.165) is 38.6 Å². The van der Waals surface area contributed by atoms with E-state index in [1.807, 2.05) is 0 Å². The fraction of sp³-hybridized carbons (Fsp3) is 0.846. The number of amides is 2. The molecule has 0 aromatic rings. The van der Waals surface area contributed by atoms with Gasteiger partial charge < -0.3 is 16.0 Å². The zero-order chi connectivity index (χ0) is 13.5. The highest BCUT2D eigenvalue weighted by Crippen LogP contribution is 2.12. The molecule has 2 atom stereocenters. The van der Waals surface area contributed by atoms with Gasteiger partial charge in [-0.2, -0.15) is 0 Å². The molecule has 0 radical (unpaired) electrons. The molecule has 0 aromatic carbocycles. The Labute approximate surface area is 109 Å². The molecule has 18 heavy (non-hydrogen) atoms. The number of carbonyl (C=O) groups excluding carboxylic acids is 2. The Bertz CT molecular complexity index is 294. The van der Waals surface area contributed by atoms with Crippen LogP contribution < -0.4 is 11.1 Å². The lowest BCUT2D eigenvalue weighted by Crippen LogP contribution is -2.53. The van der Waals surface area contributed by atoms with Gasteiger partial charge >= 0.3 is 0 Å². The predicted octanol–water partition coefficient (Wildman–Crippen LogP) is 0.631. The molecule has 0 bridgehead atoms. The SMILES string of the molecule is CCCC[C@H](N)C(=O)N1CCCC(NC(C)=O)C1. The minimum atomic E-state index is -0.388. The van der Waals surface area contributed by atoms with Crippen LogP contribution in [0, 0.1) is 0 Å². The first-order valence-electron chi connectivity index (χ1n) is 6.86. The maximum absolute atomic E-state index is 12.1. The zero-order valence-electron chi connectivity index (χ0n) is 11.4. The van der Waals surface area contributed by atoms with Gasteiger partial charge in [-0.1, -0.05) is 19.8 Å². The molecule has 3 N–H and O–H groups in total. The van der Waals surface area contributed by atoms with Crippen molar-refractivity contribution >= 4 is 11.8 Å². The standard InChI is InChI=1S/C13H25N3O2/c1-3-4-7-12(14)13(18)16-8-5-6-11(9-16)15-10(2)17/h11-12H,3-9,14H2,1-2H3,(H,15,17)/t11?,12-/m0/s1. The van der Waals surface area contributed by atoms with E-state index in [1.54, 1.807) is 4.90 Å². The highest BCUT2D eigenvalue weighted by molar-refractivity contribution is 5.82. The molecule has 1 heterocycles. The number of piperidine rings is 1. The summed E-state index contributed by atoms with van der Waals surface area (Å²) < 4.78 is 0. The van der Waals surface area contributed by atoms with Crippen LogP contribution in [0.3, 0.4) is 0 Å². The van der Waals surface area contributed by atoms with Crippen LogP contribution in [0.2, 0.25) is 0 Å². The molecule has 1 saturated heterocycles. The molecule has 1 aliphatic heterocycles. The highest BCUT2D eigenvalue weighted by Gasteiger charge is 2.26. The summed E-state index contributed by atoms with van der Waals surface area (Å²) in [5.74, 6) is -0.0110. The minimum absolute atomic E-state index is 0.0264. The van der Waals surface area contributed by atoms with E-state index >= 15 is 0 Å². The van der Waals surface area contributed by atoms with Crippen molar-refractivity contribution in [2.24, 2.45) is 5.73 Å². The first-order valence-corrected chi connectivity index (χ1v) is 6.86. The summed E-state index contributed by atoms with van der Waals surface area (Å²) in [6.45, 7) is 4.95. The number of unbranched alkanes of at least 4 members (excludes halogenated alkanes) is 1. The van der Waals surface area contributed by atoms with Crippen molar-refractivity contribution in [1.29, 1.82) is 0 Å². The van der Waals surface area contributed by atoms with Gasteiger partial charge in [0.05, 0.1) is 6.04 Å². The second-order valence-corrected chi connectivity index (χ2v) is 5.07. The van der Waals surface area contributed by atoms with Crippen molar-refractivity contribution in [3.05, 3.63) is 0 Å². The number of nitrogens with two attached hydrogens (primary N) is 1. The number of likely N-dealkylation sites (tertiary alicyclic amines) is 1. The lowest BCUT2D eigenvalue weighted by atomic mass is 10.0. The Kier molecular flexibility index (Phi) is 6.12. The predicted molar refractivity (Wildman–Crippen MR) is 70.9 cm³/mol. The van der Waals surface area contributed by atoms with Gasteiger partial charge in [-0.05, 0) is 19.3 Å². The molecule has 1 fully saturated rings. The van der Waals surface area contributed by atoms with Gasteiger partial charge in [0.25, 0.3) is 0 Å². The normalized spacial score (nSPS) is 21.5. The molecule has 5 nitrogen and oxygen atoms in total. The quantitative estimate of drug-likeness (QED) is 0.756. The number of nitrogens with zero attached hydrogens (tertiary/aromatic N) is 1. The average Bonchev–Trinajstić information content (AvgIpc) is 2.34. The molecule has 104 valence electrons. The third kappa shape index (κ3) is 4.64. The van der Waals surface area contributed by atoms with E-state index < -0.39 is 0 Å². The summed E-state index contributed by atoms with van der Waals surface area (Å²) in [4.78, 5) is 24.9. The molecule has 2 amide bonds. The Morgan fingerprint density at radius 1 is 1.50 bits per heavy atom. The minimum Gasteiger partial charge on any atom is -0.352 e. The molecule has 1 rings (SSSR count). The van der Waals surface area contributed by atoms with Crippen molar-refractivity contribution < 1.29 is 9.59 Å². The smallest absolute Gasteiger partial charge is 0.239 e. The second kappa shape index (κ2) is 7.36. The number of hydrogen-bond donors (Lipinski definition) is 2. The van der Waals surface area contributed by atoms with Crippen LogP contribution in [0.15, 0.2) is 0 Å². The van der Waals surface area contributed by atoms with Gasteiger partial charge in [0.1, 0.15) is 0 Å². The van der Waals surface area contributed by atoms with E-state index in [1.165, 1.54) is 6.92 Å². The molecule has 0 aromatic heterocycles. The van der Waals surface area contributed by atoms with Crippen molar-refractivity contribution in [2.45, 2.75) is 58.0 Å². The van der Waals surface area contributed by atoms with Crippen molar-refractivity contribution in [3.63, 3.8) is 0 Å². The zero-order valence-corrected chi connectivity index (χ0v) is 11.4. The molecule has 0 spiro atoms. The molecular weight excluding hydrogens is 230 g/mol. The van der Waals surface area contributed by atoms with Crippen LogP contribution in [0.5, 0.6) is 0 Å². The fourth-order valence-electron chi connectivity index (χ4n) is 2.36. The average molecular weight is 255 g/mol. The van der Waals surface area contributed by atoms with E-state index in [-0.39, 0.29) is 23.9 Å². The largest absolute Gasteiger partial charge is 0.352 e. The summed E-state index contributed by atoms with van der Waals surface area (Å²) >= 11 is 0. The number of rotatable bonds is 5. The van der Waals surface area contributed by atoms with Crippen LogP contribution in [0.4, 0.5) is 0 Å². The lowest BCUT2D eigenvalue weighted by Gasteiger charge is -2.34. The molecule has 1 aliphatic rings. The van der Waals surface area contributed by atoms with Gasteiger partial charge in [0, 0.05) is 26.1 Å². The van der Waals surface area contributed by atoms with Crippen LogP contribution in [0.1, 0.15) is 46.0 Å². The van der Waals surface area contributed by atoms with Gasteiger partial charge in [-0.25, -0.2) is 0 Å². The van der Waals surface area contributed by atoms with Crippen LogP contribution in [-0.2, 0) is 9.59 Å². The van der Waals surface area contributed by atoms with Gasteiger partial charge in [0.15, 0.2) is 0 Å². The number of hydrogen-bond acceptors (Lipinski definition) is 3. The Morgan fingerprint density at radius 2 is 2.22 bits per heavy atom. The maximum atomic E-state index is 12.1. The summed E-state index contributed by atoms with van der Waals surface area (Å²) in [5, 5.41) is 2.88. The third-order valence-corrected chi connectivity index (χ3v) is 3.33. The molecule has 1 unspecified atom stereocenters. The fourth-order valence-corrected chi connectivity index (χ4v) is 2.36. The van der Waals surface area contributed by atoms with Crippen molar-refractivity contribution in [1.82, 2.24) is 10.2 Å². The van der Waals surface area contributed by atoms with Gasteiger partial charge in [0.2, 0.25) is 11.8 Å². The molecular formula is C13H25N3O2. The maximum Gasteiger partial charge on any atom is 0.239 e. The monoisotopic (exact) mass is 255 g/mol. The van der Waals surface area contributed by atoms with E-state index in [2.05, 4.69) is 12.2 Å². The summed E-state index contributed by atoms with van der Waals surface area (Å²) in [5.41, 5.74) is 5.90. The summed E-state index contributed by atoms with van der Waals surface area (Å²) in [6.07, 6.45) is 4.65. The second-order valence-electron chi connectivity index (χ2n) is 5.07. The van der Waals surface area contributed by atoms with Crippen LogP contribution in [0.25, 0.3) is 0 Å². The van der Waals surface area contributed by atoms with Crippen molar-refractivity contribution in [3.8, 4) is 0 Å². The first kappa shape index (κ1) is 15.0. The topological polar surface area (TPSA) is 75.4 Å². The number of nitrogens with one attached hydrogen (secondary N) is 1. The summed E-state index contributed by atoms with van der Waals surface area (Å²) in [6, 6.07) is -0.306. The van der Waals surface area contributed by atoms with Crippen molar-refractivity contribution in [2.75, 3.05) is 13.1 Å². The third-order valence-electron chi connectivity index (χ3n) is 3.33. The van der Waals surface area contributed by atoms with E-state index in [0.29, 0.717) is 6.54 Å². The van der Waals surface area contributed by atoms with E-state index in [9.17, 15) is 9.59 Å². The molecule has 5 heteroatoms. The molecule has 0 saturated carbocycles. The number of carbonyl (C=O) groups is 2. The van der Waals surface area contributed by atoms with Crippen LogP contribution in [-0.4, -0.2) is 41.9 Å². The lowest BCUT2D eigenvalue weighted by molar-refractivity contribution is -0.135. The van der Waals surface area contributed by atoms with Gasteiger partial charge in [-0.15, -0.1) is 0 Å². The first-order chi connectivity index (χ1) is 8.54. The van der Waals surface area contributed by atoms with E-state index in [4.69, 9.17) is 5.73 Å². The van der Waals surface area contributed by atoms with Gasteiger partial charge in [-0.3, -0.25) is 9.59 Å². The summed E-state index contributed by atoms with van der Waals surface area (Å²) in [7, 11) is 0. The Morgan fingerprint density at radius 3 is 2.83 bits per heavy atom. The van der Waals surface area contributed by atoms with Crippen LogP contribution >= 0.6 is 0 Å². The Hall–Kier alpha value is -1.10. The highest BCUT2D eigenvalue weighted by atomic mass is 16.2. The molecule has 0 aliphatic carbocycles.